The molecule has 0 saturated carbocycles. The first-order chi connectivity index (χ1) is 15.3. The summed E-state index contributed by atoms with van der Waals surface area (Å²) in [7, 11) is -1.86. The summed E-state index contributed by atoms with van der Waals surface area (Å²) < 4.78 is 34.6. The van der Waals surface area contributed by atoms with E-state index in [0.29, 0.717) is 18.8 Å². The number of unbranched alkanes of at least 4 members (excludes halogenated alkanes) is 2. The van der Waals surface area contributed by atoms with Crippen LogP contribution in [-0.4, -0.2) is 51.7 Å². The maximum Gasteiger partial charge on any atom is 0.322 e. The van der Waals surface area contributed by atoms with Gasteiger partial charge in [0.05, 0.1) is 4.90 Å². The molecule has 11 heteroatoms. The maximum absolute atomic E-state index is 13.0. The van der Waals surface area contributed by atoms with Gasteiger partial charge in [-0.25, -0.2) is 8.42 Å². The SMILES string of the molecule is CCCCN(CCCC)S(=O)(=O)c1ccc(C(=O)Nc2nnc(-c3ccn(C)n3)o2)cc1. The van der Waals surface area contributed by atoms with Crippen molar-refractivity contribution in [2.24, 2.45) is 7.05 Å². The van der Waals surface area contributed by atoms with E-state index in [1.807, 2.05) is 13.8 Å². The highest BCUT2D eigenvalue weighted by molar-refractivity contribution is 7.89. The average molecular weight is 461 g/mol. The van der Waals surface area contributed by atoms with Gasteiger partial charge in [-0.3, -0.25) is 14.8 Å². The Bertz CT molecular complexity index is 1130. The Hall–Kier alpha value is -3.05. The average Bonchev–Trinajstić information content (AvgIpc) is 3.42. The number of amides is 1. The molecular weight excluding hydrogens is 432 g/mol. The molecule has 0 atom stereocenters. The Morgan fingerprint density at radius 1 is 1.06 bits per heavy atom. The van der Waals surface area contributed by atoms with E-state index in [2.05, 4.69) is 20.6 Å². The number of aryl methyl sites for hydroxylation is 1. The number of nitrogens with one attached hydrogen (secondary N) is 1. The maximum atomic E-state index is 13.0. The smallest absolute Gasteiger partial charge is 0.322 e. The Morgan fingerprint density at radius 3 is 2.28 bits per heavy atom. The fourth-order valence-electron chi connectivity index (χ4n) is 3.02. The lowest BCUT2D eigenvalue weighted by atomic mass is 10.2. The number of benzene rings is 1. The number of hydrogen-bond acceptors (Lipinski definition) is 7. The molecule has 0 spiro atoms. The van der Waals surface area contributed by atoms with Crippen molar-refractivity contribution in [2.75, 3.05) is 18.4 Å². The predicted molar refractivity (Wildman–Crippen MR) is 119 cm³/mol. The third-order valence-electron chi connectivity index (χ3n) is 4.85. The summed E-state index contributed by atoms with van der Waals surface area (Å²) in [6, 6.07) is 7.47. The largest absolute Gasteiger partial charge is 0.401 e. The van der Waals surface area contributed by atoms with Crippen molar-refractivity contribution in [3.63, 3.8) is 0 Å². The monoisotopic (exact) mass is 460 g/mol. The van der Waals surface area contributed by atoms with Crippen molar-refractivity contribution in [1.82, 2.24) is 24.3 Å². The van der Waals surface area contributed by atoms with Crippen LogP contribution in [0.3, 0.4) is 0 Å². The summed E-state index contributed by atoms with van der Waals surface area (Å²) in [5, 5.41) is 14.4. The van der Waals surface area contributed by atoms with Gasteiger partial charge in [0.2, 0.25) is 10.0 Å². The van der Waals surface area contributed by atoms with E-state index in [-0.39, 0.29) is 22.4 Å². The zero-order chi connectivity index (χ0) is 23.1. The van der Waals surface area contributed by atoms with Crippen LogP contribution in [-0.2, 0) is 17.1 Å². The highest BCUT2D eigenvalue weighted by Crippen LogP contribution is 2.20. The minimum atomic E-state index is -3.62. The molecule has 0 unspecified atom stereocenters. The molecule has 32 heavy (non-hydrogen) atoms. The third kappa shape index (κ3) is 5.60. The predicted octanol–water partition coefficient (Wildman–Crippen LogP) is 3.31. The second kappa shape index (κ2) is 10.5. The van der Waals surface area contributed by atoms with Crippen LogP contribution in [0.4, 0.5) is 6.01 Å². The van der Waals surface area contributed by atoms with E-state index in [9.17, 15) is 13.2 Å². The minimum absolute atomic E-state index is 0.0716. The number of rotatable bonds is 11. The topological polar surface area (TPSA) is 123 Å². The van der Waals surface area contributed by atoms with Crippen LogP contribution in [0.15, 0.2) is 45.8 Å². The molecule has 0 bridgehead atoms. The van der Waals surface area contributed by atoms with Gasteiger partial charge in [-0.1, -0.05) is 31.8 Å². The van der Waals surface area contributed by atoms with Crippen LogP contribution < -0.4 is 5.32 Å². The zero-order valence-corrected chi connectivity index (χ0v) is 19.3. The minimum Gasteiger partial charge on any atom is -0.401 e. The highest BCUT2D eigenvalue weighted by Gasteiger charge is 2.24. The van der Waals surface area contributed by atoms with Crippen LogP contribution >= 0.6 is 0 Å². The van der Waals surface area contributed by atoms with Crippen molar-refractivity contribution in [3.05, 3.63) is 42.1 Å². The number of nitrogens with zero attached hydrogens (tertiary/aromatic N) is 5. The summed E-state index contributed by atoms with van der Waals surface area (Å²) in [5.74, 6) is -0.305. The molecule has 0 aliphatic carbocycles. The van der Waals surface area contributed by atoms with Gasteiger partial charge in [0, 0.05) is 31.9 Å². The first-order valence-corrected chi connectivity index (χ1v) is 12.0. The zero-order valence-electron chi connectivity index (χ0n) is 18.5. The molecule has 0 saturated heterocycles. The van der Waals surface area contributed by atoms with Crippen LogP contribution in [0, 0.1) is 0 Å². The van der Waals surface area contributed by atoms with Gasteiger partial charge in [0.1, 0.15) is 5.69 Å². The summed E-state index contributed by atoms with van der Waals surface area (Å²) in [6.07, 6.45) is 5.16. The fraction of sp³-hybridized carbons (Fsp3) is 0.429. The highest BCUT2D eigenvalue weighted by atomic mass is 32.2. The lowest BCUT2D eigenvalue weighted by Gasteiger charge is -2.22. The molecule has 3 aromatic rings. The van der Waals surface area contributed by atoms with Crippen molar-refractivity contribution in [3.8, 4) is 11.6 Å². The van der Waals surface area contributed by atoms with Gasteiger partial charge >= 0.3 is 6.01 Å². The van der Waals surface area contributed by atoms with Crippen LogP contribution in [0.25, 0.3) is 11.6 Å². The summed E-state index contributed by atoms with van der Waals surface area (Å²) >= 11 is 0. The lowest BCUT2D eigenvalue weighted by molar-refractivity contribution is 0.102. The molecule has 2 heterocycles. The molecule has 1 aromatic carbocycles. The molecular formula is C21H28N6O4S. The molecule has 1 N–H and O–H groups in total. The van der Waals surface area contributed by atoms with E-state index < -0.39 is 15.9 Å². The Balaban J connectivity index is 1.70. The van der Waals surface area contributed by atoms with Gasteiger partial charge in [0.25, 0.3) is 11.8 Å². The first kappa shape index (κ1) is 23.6. The third-order valence-corrected chi connectivity index (χ3v) is 6.77. The second-order valence-corrected chi connectivity index (χ2v) is 9.31. The number of carbonyl (C=O) groups excluding carboxylic acids is 1. The number of aromatic nitrogens is 4. The number of sulfonamides is 1. The van der Waals surface area contributed by atoms with Crippen LogP contribution in [0.5, 0.6) is 0 Å². The van der Waals surface area contributed by atoms with Gasteiger partial charge in [-0.2, -0.15) is 9.40 Å². The molecule has 1 amide bonds. The van der Waals surface area contributed by atoms with Crippen molar-refractivity contribution < 1.29 is 17.6 Å². The normalized spacial score (nSPS) is 11.8. The molecule has 3 rings (SSSR count). The lowest BCUT2D eigenvalue weighted by Crippen LogP contribution is -2.33. The van der Waals surface area contributed by atoms with E-state index in [1.54, 1.807) is 24.0 Å². The summed E-state index contributed by atoms with van der Waals surface area (Å²) in [4.78, 5) is 12.7. The van der Waals surface area contributed by atoms with Crippen molar-refractivity contribution in [2.45, 2.75) is 44.4 Å². The molecule has 0 radical (unpaired) electrons. The Morgan fingerprint density at radius 2 is 1.72 bits per heavy atom. The molecule has 10 nitrogen and oxygen atoms in total. The fourth-order valence-corrected chi connectivity index (χ4v) is 4.54. The number of hydrogen-bond donors (Lipinski definition) is 1. The van der Waals surface area contributed by atoms with E-state index in [0.717, 1.165) is 25.7 Å². The van der Waals surface area contributed by atoms with Gasteiger partial charge in [-0.15, -0.1) is 5.10 Å². The molecule has 0 aliphatic heterocycles. The molecule has 2 aromatic heterocycles. The molecule has 172 valence electrons. The van der Waals surface area contributed by atoms with Crippen LogP contribution in [0.2, 0.25) is 0 Å². The Labute approximate surface area is 187 Å². The van der Waals surface area contributed by atoms with E-state index in [1.165, 1.54) is 28.6 Å². The number of carbonyl (C=O) groups is 1. The molecule has 0 fully saturated rings. The van der Waals surface area contributed by atoms with Crippen molar-refractivity contribution in [1.29, 1.82) is 0 Å². The van der Waals surface area contributed by atoms with E-state index in [4.69, 9.17) is 4.42 Å². The second-order valence-electron chi connectivity index (χ2n) is 7.38. The summed E-state index contributed by atoms with van der Waals surface area (Å²) in [5.41, 5.74) is 0.765. The van der Waals surface area contributed by atoms with Crippen molar-refractivity contribution >= 4 is 21.9 Å². The van der Waals surface area contributed by atoms with Gasteiger partial charge < -0.3 is 4.42 Å². The van der Waals surface area contributed by atoms with E-state index >= 15 is 0 Å². The van der Waals surface area contributed by atoms with Gasteiger partial charge in [-0.05, 0) is 43.2 Å². The van der Waals surface area contributed by atoms with Gasteiger partial charge in [0.15, 0.2) is 0 Å². The quantitative estimate of drug-likeness (QED) is 0.465. The first-order valence-electron chi connectivity index (χ1n) is 10.6. The van der Waals surface area contributed by atoms with Crippen LogP contribution in [0.1, 0.15) is 49.9 Å². The number of anilines is 1. The molecule has 0 aliphatic rings. The standard InChI is InChI=1S/C21H28N6O4S/c1-4-6-13-27(14-7-5-2)32(29,30)17-10-8-16(9-11-17)19(28)22-21-24-23-20(31-21)18-12-15-26(3)25-18/h8-12,15H,4-7,13-14H2,1-3H3,(H,22,24,28). The Kier molecular flexibility index (Phi) is 7.75. The summed E-state index contributed by atoms with van der Waals surface area (Å²) in [6.45, 7) is 5.02.